The number of carbonyl (C=O) groups is 2. The summed E-state index contributed by atoms with van der Waals surface area (Å²) in [6.07, 6.45) is 7.86. The van der Waals surface area contributed by atoms with Gasteiger partial charge in [-0.2, -0.15) is 5.01 Å². The molecule has 0 unspecified atom stereocenters. The number of rotatable bonds is 1. The Balaban J connectivity index is 1.79. The van der Waals surface area contributed by atoms with Gasteiger partial charge in [0.2, 0.25) is 0 Å². The van der Waals surface area contributed by atoms with Gasteiger partial charge in [-0.1, -0.05) is 12.2 Å². The van der Waals surface area contributed by atoms with Crippen LogP contribution in [-0.4, -0.2) is 26.7 Å². The van der Waals surface area contributed by atoms with Crippen molar-refractivity contribution in [3.8, 4) is 0 Å². The van der Waals surface area contributed by atoms with Gasteiger partial charge < -0.3 is 0 Å². The first-order chi connectivity index (χ1) is 8.27. The Labute approximate surface area is 96.9 Å². The summed E-state index contributed by atoms with van der Waals surface area (Å²) < 4.78 is 1.38. The number of fused-ring (bicyclic) bond motifs is 5. The minimum Gasteiger partial charge on any atom is -0.272 e. The van der Waals surface area contributed by atoms with Crippen molar-refractivity contribution in [1.82, 2.24) is 14.9 Å². The first-order valence-electron chi connectivity index (χ1n) is 5.68. The van der Waals surface area contributed by atoms with E-state index in [4.69, 9.17) is 0 Å². The first kappa shape index (κ1) is 9.09. The lowest BCUT2D eigenvalue weighted by atomic mass is 9.85. The third-order valence-electron chi connectivity index (χ3n) is 4.08. The van der Waals surface area contributed by atoms with E-state index in [1.54, 1.807) is 0 Å². The van der Waals surface area contributed by atoms with Gasteiger partial charge in [0.25, 0.3) is 11.8 Å². The van der Waals surface area contributed by atoms with Gasteiger partial charge in [-0.05, 0) is 18.3 Å². The number of hydrogen-bond acceptors (Lipinski definition) is 4. The highest BCUT2D eigenvalue weighted by atomic mass is 16.2. The normalized spacial score (nSPS) is 38.2. The van der Waals surface area contributed by atoms with Crippen molar-refractivity contribution in [2.45, 2.75) is 6.42 Å². The molecule has 1 aromatic rings. The minimum atomic E-state index is -0.167. The highest BCUT2D eigenvalue weighted by Crippen LogP contribution is 2.51. The Morgan fingerprint density at radius 1 is 1.00 bits per heavy atom. The van der Waals surface area contributed by atoms with E-state index in [-0.39, 0.29) is 35.5 Å². The van der Waals surface area contributed by atoms with E-state index < -0.39 is 0 Å². The SMILES string of the molecule is O=C1[C@@H]2[C@@H](C(=O)N1n1cnnc1)[C@@H]1C=C[C@@H]2C1. The number of imide groups is 1. The molecule has 86 valence electrons. The highest BCUT2D eigenvalue weighted by molar-refractivity contribution is 6.17. The summed E-state index contributed by atoms with van der Waals surface area (Å²) in [5, 5.41) is 8.45. The van der Waals surface area contributed by atoms with E-state index in [0.29, 0.717) is 0 Å². The van der Waals surface area contributed by atoms with Gasteiger partial charge in [0.1, 0.15) is 12.7 Å². The summed E-state index contributed by atoms with van der Waals surface area (Å²) in [7, 11) is 0. The van der Waals surface area contributed by atoms with E-state index >= 15 is 0 Å². The average Bonchev–Trinajstić information content (AvgIpc) is 3.03. The van der Waals surface area contributed by atoms with E-state index in [1.807, 2.05) is 0 Å². The maximum absolute atomic E-state index is 12.3. The van der Waals surface area contributed by atoms with Gasteiger partial charge in [-0.3, -0.25) is 9.59 Å². The van der Waals surface area contributed by atoms with Gasteiger partial charge in [-0.15, -0.1) is 10.2 Å². The standard InChI is InChI=1S/C11H10N4O2/c16-10-8-6-1-2-7(3-6)9(8)11(17)15(10)14-4-12-13-5-14/h1-2,4-9H,3H2/t6-,7-,8+,9+/m1/s1. The Bertz CT molecular complexity index is 506. The molecule has 0 spiro atoms. The lowest BCUT2D eigenvalue weighted by Gasteiger charge is -2.16. The van der Waals surface area contributed by atoms with Crippen LogP contribution in [0.15, 0.2) is 24.8 Å². The Kier molecular flexibility index (Phi) is 1.51. The van der Waals surface area contributed by atoms with Crippen LogP contribution in [0.5, 0.6) is 0 Å². The summed E-state index contributed by atoms with van der Waals surface area (Å²) in [5.74, 6) is -0.0843. The van der Waals surface area contributed by atoms with Crippen LogP contribution < -0.4 is 5.01 Å². The maximum Gasteiger partial charge on any atom is 0.253 e. The van der Waals surface area contributed by atoms with Crippen molar-refractivity contribution >= 4 is 11.8 Å². The average molecular weight is 230 g/mol. The molecule has 2 fully saturated rings. The molecule has 4 atom stereocenters. The van der Waals surface area contributed by atoms with E-state index in [2.05, 4.69) is 22.3 Å². The Hall–Kier alpha value is -1.98. The summed E-state index contributed by atoms with van der Waals surface area (Å²) in [4.78, 5) is 24.6. The largest absolute Gasteiger partial charge is 0.272 e. The molecular formula is C11H10N4O2. The molecule has 1 aromatic heterocycles. The maximum atomic E-state index is 12.3. The summed E-state index contributed by atoms with van der Waals surface area (Å²) in [5.41, 5.74) is 0. The van der Waals surface area contributed by atoms with Crippen molar-refractivity contribution in [3.63, 3.8) is 0 Å². The van der Waals surface area contributed by atoms with Crippen LogP contribution in [0.1, 0.15) is 6.42 Å². The molecule has 2 aliphatic carbocycles. The quantitative estimate of drug-likeness (QED) is 0.491. The van der Waals surface area contributed by atoms with Crippen molar-refractivity contribution in [3.05, 3.63) is 24.8 Å². The van der Waals surface area contributed by atoms with Crippen LogP contribution in [0.25, 0.3) is 0 Å². The smallest absolute Gasteiger partial charge is 0.253 e. The van der Waals surface area contributed by atoms with Gasteiger partial charge in [0.05, 0.1) is 11.8 Å². The zero-order valence-corrected chi connectivity index (χ0v) is 8.93. The van der Waals surface area contributed by atoms with Gasteiger partial charge in [0, 0.05) is 0 Å². The molecule has 1 saturated carbocycles. The number of carbonyl (C=O) groups excluding carboxylic acids is 2. The van der Waals surface area contributed by atoms with Crippen LogP contribution in [0, 0.1) is 23.7 Å². The summed E-state index contributed by atoms with van der Waals surface area (Å²) in [6.45, 7) is 0. The lowest BCUT2D eigenvalue weighted by Crippen LogP contribution is -2.41. The Morgan fingerprint density at radius 3 is 2.06 bits per heavy atom. The predicted octanol–water partition coefficient (Wildman–Crippen LogP) is -0.279. The summed E-state index contributed by atoms with van der Waals surface area (Å²) >= 11 is 0. The molecule has 0 N–H and O–H groups in total. The molecule has 3 aliphatic rings. The van der Waals surface area contributed by atoms with Crippen LogP contribution in [-0.2, 0) is 9.59 Å². The van der Waals surface area contributed by atoms with Crippen LogP contribution in [0.3, 0.4) is 0 Å². The monoisotopic (exact) mass is 230 g/mol. The molecule has 6 nitrogen and oxygen atoms in total. The number of amides is 2. The van der Waals surface area contributed by atoms with E-state index in [9.17, 15) is 9.59 Å². The number of hydrogen-bond donors (Lipinski definition) is 0. The molecule has 4 rings (SSSR count). The fourth-order valence-electron chi connectivity index (χ4n) is 3.41. The van der Waals surface area contributed by atoms with Gasteiger partial charge in [0.15, 0.2) is 0 Å². The zero-order valence-electron chi connectivity index (χ0n) is 8.93. The van der Waals surface area contributed by atoms with Crippen LogP contribution in [0.2, 0.25) is 0 Å². The van der Waals surface area contributed by atoms with Gasteiger partial charge in [-0.25, -0.2) is 4.68 Å². The lowest BCUT2D eigenvalue weighted by molar-refractivity contribution is -0.125. The second-order valence-corrected chi connectivity index (χ2v) is 4.83. The van der Waals surface area contributed by atoms with E-state index in [1.165, 1.54) is 22.3 Å². The van der Waals surface area contributed by atoms with Crippen molar-refractivity contribution in [2.75, 3.05) is 5.01 Å². The fraction of sp³-hybridized carbons (Fsp3) is 0.455. The third kappa shape index (κ3) is 0.956. The Morgan fingerprint density at radius 2 is 1.53 bits per heavy atom. The van der Waals surface area contributed by atoms with Crippen molar-refractivity contribution in [2.24, 2.45) is 23.7 Å². The molecule has 2 bridgehead atoms. The molecule has 2 heterocycles. The molecular weight excluding hydrogens is 220 g/mol. The molecule has 2 amide bonds. The molecule has 0 aromatic carbocycles. The molecule has 6 heteroatoms. The highest BCUT2D eigenvalue weighted by Gasteiger charge is 2.60. The first-order valence-corrected chi connectivity index (χ1v) is 5.68. The number of nitrogens with zero attached hydrogens (tertiary/aromatic N) is 4. The molecule has 1 aliphatic heterocycles. The third-order valence-corrected chi connectivity index (χ3v) is 4.08. The zero-order chi connectivity index (χ0) is 11.6. The van der Waals surface area contributed by atoms with Crippen molar-refractivity contribution < 1.29 is 9.59 Å². The van der Waals surface area contributed by atoms with Crippen molar-refractivity contribution in [1.29, 1.82) is 0 Å². The van der Waals surface area contributed by atoms with E-state index in [0.717, 1.165) is 6.42 Å². The van der Waals surface area contributed by atoms with Crippen LogP contribution in [0.4, 0.5) is 0 Å². The fourth-order valence-corrected chi connectivity index (χ4v) is 3.41. The topological polar surface area (TPSA) is 68.1 Å². The molecule has 0 radical (unpaired) electrons. The summed E-state index contributed by atoms with van der Waals surface area (Å²) in [6, 6.07) is 0. The minimum absolute atomic E-state index is 0.114. The second kappa shape index (κ2) is 2.82. The van der Waals surface area contributed by atoms with Gasteiger partial charge >= 0.3 is 0 Å². The van der Waals surface area contributed by atoms with Crippen LogP contribution >= 0.6 is 0 Å². The number of aromatic nitrogens is 3. The molecule has 17 heavy (non-hydrogen) atoms. The molecule has 1 saturated heterocycles. The predicted molar refractivity (Wildman–Crippen MR) is 56.0 cm³/mol. The number of allylic oxidation sites excluding steroid dienone is 2. The second-order valence-electron chi connectivity index (χ2n) is 4.83.